The third kappa shape index (κ3) is 5.00. The van der Waals surface area contributed by atoms with Gasteiger partial charge in [-0.3, -0.25) is 4.79 Å². The maximum absolute atomic E-state index is 14.5. The average molecular weight is 395 g/mol. The number of carbonyl (C=O) groups is 1. The van der Waals surface area contributed by atoms with Crippen molar-refractivity contribution in [3.05, 3.63) is 58.4 Å². The van der Waals surface area contributed by atoms with E-state index in [-0.39, 0.29) is 24.1 Å². The van der Waals surface area contributed by atoms with Gasteiger partial charge in [0.25, 0.3) is 0 Å². The summed E-state index contributed by atoms with van der Waals surface area (Å²) >= 11 is 1.65. The van der Waals surface area contributed by atoms with Gasteiger partial charge in [-0.2, -0.15) is 0 Å². The van der Waals surface area contributed by atoms with Crippen LogP contribution >= 0.6 is 24.2 Å². The fourth-order valence-electron chi connectivity index (χ4n) is 2.91. The maximum atomic E-state index is 14.5. The number of anilines is 1. The molecule has 1 aliphatic heterocycles. The lowest BCUT2D eigenvalue weighted by atomic mass is 9.99. The first-order valence-corrected chi connectivity index (χ1v) is 9.54. The number of amides is 1. The van der Waals surface area contributed by atoms with Gasteiger partial charge in [0, 0.05) is 23.6 Å². The van der Waals surface area contributed by atoms with Crippen LogP contribution in [0.2, 0.25) is 0 Å². The van der Waals surface area contributed by atoms with Gasteiger partial charge in [0.1, 0.15) is 5.82 Å². The van der Waals surface area contributed by atoms with Crippen LogP contribution in [-0.2, 0) is 17.8 Å². The summed E-state index contributed by atoms with van der Waals surface area (Å²) in [5.74, 6) is 0.239. The summed E-state index contributed by atoms with van der Waals surface area (Å²) in [5.41, 5.74) is 4.51. The molecular formula is C20H24ClFN2OS. The van der Waals surface area contributed by atoms with Crippen molar-refractivity contribution in [2.45, 2.75) is 38.1 Å². The lowest BCUT2D eigenvalue weighted by Gasteiger charge is -2.19. The Balaban J connectivity index is 0.00000243. The summed E-state index contributed by atoms with van der Waals surface area (Å²) in [5, 5.41) is 5.94. The molecule has 140 valence electrons. The smallest absolute Gasteiger partial charge is 0.225 e. The molecule has 0 atom stereocenters. The summed E-state index contributed by atoms with van der Waals surface area (Å²) in [6.07, 6.45) is 1.02. The molecule has 0 aromatic heterocycles. The quantitative estimate of drug-likeness (QED) is 0.726. The minimum atomic E-state index is -0.283. The van der Waals surface area contributed by atoms with Crippen LogP contribution in [0.4, 0.5) is 10.1 Å². The third-order valence-electron chi connectivity index (χ3n) is 4.56. The Morgan fingerprint density at radius 1 is 1.23 bits per heavy atom. The molecule has 0 unspecified atom stereocenters. The number of benzene rings is 2. The molecule has 6 heteroatoms. The van der Waals surface area contributed by atoms with Gasteiger partial charge in [0.15, 0.2) is 0 Å². The number of hydrogen-bond acceptors (Lipinski definition) is 3. The van der Waals surface area contributed by atoms with E-state index in [1.54, 1.807) is 17.8 Å². The first kappa shape index (κ1) is 20.7. The maximum Gasteiger partial charge on any atom is 0.225 e. The first-order chi connectivity index (χ1) is 12.0. The highest BCUT2D eigenvalue weighted by Crippen LogP contribution is 2.25. The zero-order valence-electron chi connectivity index (χ0n) is 15.0. The number of nitrogens with one attached hydrogen (secondary N) is 2. The molecule has 0 saturated heterocycles. The Morgan fingerprint density at radius 2 is 2.04 bits per heavy atom. The van der Waals surface area contributed by atoms with Crippen LogP contribution in [0, 0.1) is 19.7 Å². The average Bonchev–Trinajstić information content (AvgIpc) is 2.61. The zero-order valence-corrected chi connectivity index (χ0v) is 16.7. The first-order valence-electron chi connectivity index (χ1n) is 8.55. The predicted molar refractivity (Wildman–Crippen MR) is 109 cm³/mol. The highest BCUT2D eigenvalue weighted by Gasteiger charge is 2.17. The van der Waals surface area contributed by atoms with Crippen molar-refractivity contribution >= 4 is 35.8 Å². The van der Waals surface area contributed by atoms with Crippen molar-refractivity contribution in [3.63, 3.8) is 0 Å². The Hall–Kier alpha value is -1.56. The molecule has 0 fully saturated rings. The van der Waals surface area contributed by atoms with Gasteiger partial charge in [0.2, 0.25) is 5.91 Å². The van der Waals surface area contributed by atoms with Crippen LogP contribution in [0.3, 0.4) is 0 Å². The second-order valence-electron chi connectivity index (χ2n) is 6.38. The molecule has 0 bridgehead atoms. The molecule has 2 N–H and O–H groups in total. The molecule has 0 radical (unpaired) electrons. The SMILES string of the molecule is Cc1ccc(SCCC(=O)Nc2ccc3c(c2F)CCNC3)cc1C.Cl. The van der Waals surface area contributed by atoms with Gasteiger partial charge in [-0.25, -0.2) is 4.39 Å². The molecule has 0 spiro atoms. The molecule has 1 amide bonds. The number of carbonyl (C=O) groups excluding carboxylic acids is 1. The van der Waals surface area contributed by atoms with Gasteiger partial charge >= 0.3 is 0 Å². The minimum absolute atomic E-state index is 0. The number of aryl methyl sites for hydroxylation is 2. The van der Waals surface area contributed by atoms with Gasteiger partial charge in [-0.1, -0.05) is 12.1 Å². The van der Waals surface area contributed by atoms with E-state index in [2.05, 4.69) is 42.7 Å². The van der Waals surface area contributed by atoms with E-state index in [0.717, 1.165) is 22.6 Å². The molecule has 26 heavy (non-hydrogen) atoms. The number of rotatable bonds is 5. The van der Waals surface area contributed by atoms with Crippen molar-refractivity contribution in [1.82, 2.24) is 5.32 Å². The lowest BCUT2D eigenvalue weighted by Crippen LogP contribution is -2.25. The lowest BCUT2D eigenvalue weighted by molar-refractivity contribution is -0.115. The normalized spacial score (nSPS) is 12.9. The van der Waals surface area contributed by atoms with Crippen molar-refractivity contribution in [1.29, 1.82) is 0 Å². The number of fused-ring (bicyclic) bond motifs is 1. The molecule has 2 aromatic carbocycles. The highest BCUT2D eigenvalue weighted by molar-refractivity contribution is 7.99. The fourth-order valence-corrected chi connectivity index (χ4v) is 3.86. The largest absolute Gasteiger partial charge is 0.324 e. The van der Waals surface area contributed by atoms with E-state index >= 15 is 0 Å². The van der Waals surface area contributed by atoms with E-state index in [9.17, 15) is 9.18 Å². The van der Waals surface area contributed by atoms with Crippen LogP contribution in [0.15, 0.2) is 35.2 Å². The van der Waals surface area contributed by atoms with E-state index in [1.165, 1.54) is 11.1 Å². The summed E-state index contributed by atoms with van der Waals surface area (Å²) in [4.78, 5) is 13.3. The number of hydrogen-bond donors (Lipinski definition) is 2. The monoisotopic (exact) mass is 394 g/mol. The van der Waals surface area contributed by atoms with Crippen LogP contribution in [-0.4, -0.2) is 18.2 Å². The van der Waals surface area contributed by atoms with E-state index in [0.29, 0.717) is 30.8 Å². The van der Waals surface area contributed by atoms with Crippen LogP contribution in [0.1, 0.15) is 28.7 Å². The van der Waals surface area contributed by atoms with Crippen LogP contribution < -0.4 is 10.6 Å². The van der Waals surface area contributed by atoms with Gasteiger partial charge in [0.05, 0.1) is 5.69 Å². The van der Waals surface area contributed by atoms with Gasteiger partial charge in [-0.15, -0.1) is 24.2 Å². The van der Waals surface area contributed by atoms with E-state index in [4.69, 9.17) is 0 Å². The molecule has 2 aromatic rings. The Kier molecular flexibility index (Phi) is 7.50. The number of halogens is 2. The summed E-state index contributed by atoms with van der Waals surface area (Å²) < 4.78 is 14.5. The fraction of sp³-hybridized carbons (Fsp3) is 0.350. The zero-order chi connectivity index (χ0) is 17.8. The van der Waals surface area contributed by atoms with Gasteiger partial charge in [-0.05, 0) is 67.3 Å². The summed E-state index contributed by atoms with van der Waals surface area (Å²) in [7, 11) is 0. The molecule has 1 aliphatic rings. The highest BCUT2D eigenvalue weighted by atomic mass is 35.5. The van der Waals surface area contributed by atoms with E-state index in [1.807, 2.05) is 6.07 Å². The van der Waals surface area contributed by atoms with Crippen LogP contribution in [0.25, 0.3) is 0 Å². The van der Waals surface area contributed by atoms with Crippen molar-refractivity contribution in [2.75, 3.05) is 17.6 Å². The van der Waals surface area contributed by atoms with Crippen LogP contribution in [0.5, 0.6) is 0 Å². The summed E-state index contributed by atoms with van der Waals surface area (Å²) in [6, 6.07) is 9.85. The second kappa shape index (κ2) is 9.40. The van der Waals surface area contributed by atoms with E-state index < -0.39 is 0 Å². The molecule has 3 rings (SSSR count). The van der Waals surface area contributed by atoms with Crippen molar-refractivity contribution in [2.24, 2.45) is 0 Å². The molecule has 3 nitrogen and oxygen atoms in total. The Bertz CT molecular complexity index is 798. The molecule has 0 saturated carbocycles. The predicted octanol–water partition coefficient (Wildman–Crippen LogP) is 4.63. The van der Waals surface area contributed by atoms with Gasteiger partial charge < -0.3 is 10.6 Å². The van der Waals surface area contributed by atoms with Crippen molar-refractivity contribution in [3.8, 4) is 0 Å². The summed E-state index contributed by atoms with van der Waals surface area (Å²) in [6.45, 7) is 5.63. The molecular weight excluding hydrogens is 371 g/mol. The molecule has 1 heterocycles. The van der Waals surface area contributed by atoms with Crippen molar-refractivity contribution < 1.29 is 9.18 Å². The Morgan fingerprint density at radius 3 is 2.81 bits per heavy atom. The number of thioether (sulfide) groups is 1. The third-order valence-corrected chi connectivity index (χ3v) is 5.55. The minimum Gasteiger partial charge on any atom is -0.324 e. The standard InChI is InChI=1S/C20H23FN2OS.ClH/c1-13-3-5-16(11-14(13)2)25-10-8-19(24)23-18-6-4-15-12-22-9-7-17(15)20(18)21;/h3-6,11,22H,7-10,12H2,1-2H3,(H,23,24);1H. The molecule has 0 aliphatic carbocycles. The second-order valence-corrected chi connectivity index (χ2v) is 7.55. The topological polar surface area (TPSA) is 41.1 Å². The Labute approximate surface area is 164 Å².